The van der Waals surface area contributed by atoms with E-state index in [1.165, 1.54) is 0 Å². The van der Waals surface area contributed by atoms with E-state index in [1.807, 2.05) is 0 Å². The van der Waals surface area contributed by atoms with Gasteiger partial charge in [0.25, 0.3) is 0 Å². The van der Waals surface area contributed by atoms with E-state index in [0.717, 1.165) is 0 Å². The van der Waals surface area contributed by atoms with Gasteiger partial charge in [0.05, 0.1) is 39.6 Å². The van der Waals surface area contributed by atoms with Gasteiger partial charge in [-0.2, -0.15) is 0 Å². The van der Waals surface area contributed by atoms with Crippen LogP contribution < -0.4 is 0 Å². The third-order valence-electron chi connectivity index (χ3n) is 3.15. The molecule has 0 amide bonds. The van der Waals surface area contributed by atoms with E-state index < -0.39 is 88.5 Å². The maximum absolute atomic E-state index is 8.96. The first-order valence-corrected chi connectivity index (χ1v) is 8.08. The molecule has 0 aromatic heterocycles. The summed E-state index contributed by atoms with van der Waals surface area (Å²) in [6, 6.07) is 0. The Hall–Kier alpha value is -0.560. The lowest BCUT2D eigenvalue weighted by Gasteiger charge is -2.24. The van der Waals surface area contributed by atoms with Crippen LogP contribution in [0.5, 0.6) is 0 Å². The predicted octanol–water partition coefficient (Wildman–Crippen LogP) is -8.20. The summed E-state index contributed by atoms with van der Waals surface area (Å²) >= 11 is 0. The summed E-state index contributed by atoms with van der Waals surface area (Å²) in [6.45, 7) is -3.56. The van der Waals surface area contributed by atoms with Crippen LogP contribution in [0.3, 0.4) is 0 Å². The largest absolute Gasteiger partial charge is 0.394 e. The number of aliphatic hydroxyl groups is 14. The van der Waals surface area contributed by atoms with E-state index in [1.54, 1.807) is 0 Å². The van der Waals surface area contributed by atoms with E-state index in [0.29, 0.717) is 0 Å². The number of hydrogen-bond acceptors (Lipinski definition) is 14. The maximum Gasteiger partial charge on any atom is 0.111 e. The second-order valence-electron chi connectivity index (χ2n) is 5.48. The van der Waals surface area contributed by atoms with Crippen molar-refractivity contribution >= 4 is 0 Å². The molecule has 0 heterocycles. The SMILES string of the molecule is OCC(O)C(O)CO.OC[C@@H](O)[C@H](O)CO.OC[C@@H](O)[C@H](O)[C@H](O)[C@@H](O)CO. The minimum absolute atomic E-state index is 0.526. The van der Waals surface area contributed by atoms with Crippen molar-refractivity contribution in [3.8, 4) is 0 Å². The summed E-state index contributed by atoms with van der Waals surface area (Å²) in [7, 11) is 0. The molecular formula is C14H34O14. The molecule has 0 saturated carbocycles. The first kappa shape index (κ1) is 32.1. The average Bonchev–Trinajstić information content (AvgIpc) is 2.74. The third-order valence-corrected chi connectivity index (χ3v) is 3.15. The molecule has 14 nitrogen and oxygen atoms in total. The summed E-state index contributed by atoms with van der Waals surface area (Å²) in [6.07, 6.45) is -11.3. The Balaban J connectivity index is -0.000000347. The number of aliphatic hydroxyl groups excluding tert-OH is 14. The smallest absolute Gasteiger partial charge is 0.111 e. The lowest BCUT2D eigenvalue weighted by Crippen LogP contribution is -2.46. The molecular weight excluding hydrogens is 392 g/mol. The van der Waals surface area contributed by atoms with Crippen LogP contribution in [0.25, 0.3) is 0 Å². The van der Waals surface area contributed by atoms with Crippen molar-refractivity contribution in [3.05, 3.63) is 0 Å². The van der Waals surface area contributed by atoms with Gasteiger partial charge in [-0.15, -0.1) is 0 Å². The van der Waals surface area contributed by atoms with E-state index >= 15 is 0 Å². The second-order valence-corrected chi connectivity index (χ2v) is 5.48. The highest BCUT2D eigenvalue weighted by Gasteiger charge is 2.29. The van der Waals surface area contributed by atoms with Gasteiger partial charge in [-0.25, -0.2) is 0 Å². The molecule has 14 N–H and O–H groups in total. The Kier molecular flexibility index (Phi) is 22.6. The van der Waals surface area contributed by atoms with Crippen LogP contribution in [0, 0.1) is 0 Å². The molecule has 174 valence electrons. The van der Waals surface area contributed by atoms with Gasteiger partial charge in [-0.1, -0.05) is 0 Å². The van der Waals surface area contributed by atoms with Crippen molar-refractivity contribution in [2.45, 2.75) is 48.8 Å². The summed E-state index contributed by atoms with van der Waals surface area (Å²) in [4.78, 5) is 0. The predicted molar refractivity (Wildman–Crippen MR) is 90.6 cm³/mol. The van der Waals surface area contributed by atoms with E-state index in [-0.39, 0.29) is 0 Å². The van der Waals surface area contributed by atoms with E-state index in [2.05, 4.69) is 0 Å². The van der Waals surface area contributed by atoms with Crippen LogP contribution in [0.1, 0.15) is 0 Å². The van der Waals surface area contributed by atoms with Gasteiger partial charge in [0.2, 0.25) is 0 Å². The molecule has 8 atom stereocenters. The van der Waals surface area contributed by atoms with Gasteiger partial charge in [0.15, 0.2) is 0 Å². The molecule has 0 radical (unpaired) electrons. The zero-order chi connectivity index (χ0) is 22.9. The zero-order valence-electron chi connectivity index (χ0n) is 15.1. The van der Waals surface area contributed by atoms with Gasteiger partial charge in [0.1, 0.15) is 48.8 Å². The van der Waals surface area contributed by atoms with Gasteiger partial charge >= 0.3 is 0 Å². The molecule has 0 fully saturated rings. The fraction of sp³-hybridized carbons (Fsp3) is 1.00. The number of rotatable bonds is 11. The third kappa shape index (κ3) is 15.4. The summed E-state index contributed by atoms with van der Waals surface area (Å²) in [5.41, 5.74) is 0. The van der Waals surface area contributed by atoms with Crippen molar-refractivity contribution in [2.75, 3.05) is 39.6 Å². The summed E-state index contributed by atoms with van der Waals surface area (Å²) in [5, 5.41) is 119. The number of hydrogen-bond donors (Lipinski definition) is 14. The first-order valence-electron chi connectivity index (χ1n) is 8.08. The highest BCUT2D eigenvalue weighted by molar-refractivity contribution is 4.79. The van der Waals surface area contributed by atoms with E-state index in [9.17, 15) is 0 Å². The van der Waals surface area contributed by atoms with Crippen LogP contribution in [-0.4, -0.2) is 160 Å². The van der Waals surface area contributed by atoms with Crippen LogP contribution >= 0.6 is 0 Å². The van der Waals surface area contributed by atoms with Crippen LogP contribution in [0.15, 0.2) is 0 Å². The van der Waals surface area contributed by atoms with Crippen LogP contribution in [0.2, 0.25) is 0 Å². The van der Waals surface area contributed by atoms with Crippen molar-refractivity contribution in [2.24, 2.45) is 0 Å². The molecule has 0 spiro atoms. The molecule has 28 heavy (non-hydrogen) atoms. The quantitative estimate of drug-likeness (QED) is 0.146. The topological polar surface area (TPSA) is 283 Å². The maximum atomic E-state index is 8.96. The molecule has 0 aliphatic rings. The average molecular weight is 426 g/mol. The normalized spacial score (nSPS) is 19.5. The molecule has 0 aromatic rings. The molecule has 14 heteroatoms. The first-order chi connectivity index (χ1) is 13.0. The Morgan fingerprint density at radius 1 is 0.286 bits per heavy atom. The lowest BCUT2D eigenvalue weighted by molar-refractivity contribution is -0.123. The minimum Gasteiger partial charge on any atom is -0.394 e. The fourth-order valence-corrected chi connectivity index (χ4v) is 1.16. The van der Waals surface area contributed by atoms with Crippen LogP contribution in [0.4, 0.5) is 0 Å². The monoisotopic (exact) mass is 426 g/mol. The Labute approximate surface area is 161 Å². The molecule has 2 unspecified atom stereocenters. The standard InChI is InChI=1S/C6H14O6.2C4H10O4/c7-1-3(9)5(11)6(12)4(10)2-8;2*5-1-3(7)4(8)2-6/h3-12H,1-2H2;2*3-8H,1-2H2/t3-,4+,5+,6-;3-,4-;/m.1./s1. The highest BCUT2D eigenvalue weighted by atomic mass is 16.4. The van der Waals surface area contributed by atoms with Gasteiger partial charge < -0.3 is 71.5 Å². The van der Waals surface area contributed by atoms with Crippen molar-refractivity contribution in [3.63, 3.8) is 0 Å². The summed E-state index contributed by atoms with van der Waals surface area (Å²) in [5.74, 6) is 0. The van der Waals surface area contributed by atoms with Gasteiger partial charge in [0, 0.05) is 0 Å². The molecule has 0 saturated heterocycles. The van der Waals surface area contributed by atoms with Crippen molar-refractivity contribution in [1.82, 2.24) is 0 Å². The van der Waals surface area contributed by atoms with Crippen molar-refractivity contribution in [1.29, 1.82) is 0 Å². The fourth-order valence-electron chi connectivity index (χ4n) is 1.16. The Bertz CT molecular complexity index is 276. The van der Waals surface area contributed by atoms with Gasteiger partial charge in [-0.3, -0.25) is 0 Å². The summed E-state index contributed by atoms with van der Waals surface area (Å²) < 4.78 is 0. The second kappa shape index (κ2) is 19.7. The molecule has 0 rings (SSSR count). The van der Waals surface area contributed by atoms with Crippen molar-refractivity contribution < 1.29 is 71.5 Å². The molecule has 0 bridgehead atoms. The molecule has 0 aliphatic heterocycles. The van der Waals surface area contributed by atoms with Gasteiger partial charge in [-0.05, 0) is 0 Å². The minimum atomic E-state index is -1.67. The Morgan fingerprint density at radius 2 is 0.429 bits per heavy atom. The zero-order valence-corrected chi connectivity index (χ0v) is 15.1. The molecule has 0 aliphatic carbocycles. The Morgan fingerprint density at radius 3 is 0.536 bits per heavy atom. The lowest BCUT2D eigenvalue weighted by atomic mass is 10.0. The molecule has 0 aromatic carbocycles. The van der Waals surface area contributed by atoms with E-state index in [4.69, 9.17) is 71.5 Å². The van der Waals surface area contributed by atoms with Crippen LogP contribution in [-0.2, 0) is 0 Å². The highest BCUT2D eigenvalue weighted by Crippen LogP contribution is 2.04.